The Morgan fingerprint density at radius 1 is 1.47 bits per heavy atom. The Balaban J connectivity index is 2.36. The molecule has 2 amide bonds. The molecule has 102 valence electrons. The number of carbonyl (C=O) groups excluding carboxylic acids is 1. The summed E-state index contributed by atoms with van der Waals surface area (Å²) in [6, 6.07) is 6.71. The van der Waals surface area contributed by atoms with Crippen LogP contribution in [-0.4, -0.2) is 48.2 Å². The second-order valence-electron chi connectivity index (χ2n) is 4.32. The first-order chi connectivity index (χ1) is 9.04. The van der Waals surface area contributed by atoms with Crippen LogP contribution in [0.5, 0.6) is 5.75 Å². The second-order valence-corrected chi connectivity index (χ2v) is 4.32. The van der Waals surface area contributed by atoms with Crippen LogP contribution in [-0.2, 0) is 4.79 Å². The van der Waals surface area contributed by atoms with Crippen molar-refractivity contribution in [2.24, 2.45) is 0 Å². The predicted octanol–water partition coefficient (Wildman–Crippen LogP) is 1.41. The number of hydrogen-bond acceptors (Lipinski definition) is 3. The normalized spacial score (nSPS) is 17.4. The topological polar surface area (TPSA) is 70.1 Å². The first-order valence-corrected chi connectivity index (χ1v) is 6.05. The molecule has 0 fully saturated rings. The number of anilines is 1. The third-order valence-corrected chi connectivity index (χ3v) is 3.08. The van der Waals surface area contributed by atoms with E-state index in [0.29, 0.717) is 18.0 Å². The molecule has 0 spiro atoms. The molecule has 2 rings (SSSR count). The maximum Gasteiger partial charge on any atom is 0.346 e. The van der Waals surface area contributed by atoms with E-state index in [1.165, 1.54) is 9.80 Å². The third-order valence-electron chi connectivity index (χ3n) is 3.08. The Morgan fingerprint density at radius 3 is 2.79 bits per heavy atom. The highest BCUT2D eigenvalue weighted by Gasteiger charge is 2.34. The van der Waals surface area contributed by atoms with Crippen molar-refractivity contribution in [3.05, 3.63) is 24.3 Å². The second kappa shape index (κ2) is 5.17. The van der Waals surface area contributed by atoms with E-state index in [0.717, 1.165) is 0 Å². The highest BCUT2D eigenvalue weighted by atomic mass is 16.5. The van der Waals surface area contributed by atoms with Gasteiger partial charge in [-0.15, -0.1) is 0 Å². The van der Waals surface area contributed by atoms with Crippen molar-refractivity contribution in [1.29, 1.82) is 0 Å². The molecule has 1 heterocycles. The van der Waals surface area contributed by atoms with E-state index in [1.54, 1.807) is 31.3 Å². The van der Waals surface area contributed by atoms with Crippen molar-refractivity contribution in [2.75, 3.05) is 25.0 Å². The van der Waals surface area contributed by atoms with Gasteiger partial charge >= 0.3 is 12.0 Å². The van der Waals surface area contributed by atoms with E-state index in [2.05, 4.69) is 0 Å². The van der Waals surface area contributed by atoms with Crippen molar-refractivity contribution in [3.63, 3.8) is 0 Å². The number of carboxylic acid groups (broad SMARTS) is 1. The van der Waals surface area contributed by atoms with Gasteiger partial charge in [0.1, 0.15) is 5.75 Å². The zero-order chi connectivity index (χ0) is 14.0. The molecule has 6 heteroatoms. The summed E-state index contributed by atoms with van der Waals surface area (Å²) in [4.78, 5) is 26.3. The van der Waals surface area contributed by atoms with Crippen molar-refractivity contribution < 1.29 is 19.4 Å². The standard InChI is InChI=1S/C13H16N2O4/c1-3-14(2)13(18)15-8-11(12(16)17)19-10-7-5-4-6-9(10)15/h4-7,11H,3,8H2,1-2H3,(H,16,17). The zero-order valence-electron chi connectivity index (χ0n) is 10.9. The largest absolute Gasteiger partial charge is 0.478 e. The minimum atomic E-state index is -1.08. The van der Waals surface area contributed by atoms with Crippen LogP contribution >= 0.6 is 0 Å². The molecule has 0 bridgehead atoms. The van der Waals surface area contributed by atoms with Gasteiger partial charge in [-0.2, -0.15) is 0 Å². The summed E-state index contributed by atoms with van der Waals surface area (Å²) >= 11 is 0. The van der Waals surface area contributed by atoms with Crippen LogP contribution in [0.25, 0.3) is 0 Å². The van der Waals surface area contributed by atoms with E-state index in [9.17, 15) is 9.59 Å². The Bertz CT molecular complexity index is 503. The lowest BCUT2D eigenvalue weighted by Crippen LogP contribution is -2.50. The Labute approximate surface area is 111 Å². The van der Waals surface area contributed by atoms with Crippen LogP contribution in [0.15, 0.2) is 24.3 Å². The molecule has 1 unspecified atom stereocenters. The van der Waals surface area contributed by atoms with Gasteiger partial charge in [0.2, 0.25) is 6.10 Å². The highest BCUT2D eigenvalue weighted by Crippen LogP contribution is 2.33. The molecule has 6 nitrogen and oxygen atoms in total. The SMILES string of the molecule is CCN(C)C(=O)N1CC(C(=O)O)Oc2ccccc21. The van der Waals surface area contributed by atoms with E-state index in [4.69, 9.17) is 9.84 Å². The molecule has 1 N–H and O–H groups in total. The summed E-state index contributed by atoms with van der Waals surface area (Å²) in [5.74, 6) is -0.662. The number of aliphatic carboxylic acids is 1. The van der Waals surface area contributed by atoms with Gasteiger partial charge in [-0.05, 0) is 19.1 Å². The monoisotopic (exact) mass is 264 g/mol. The first kappa shape index (κ1) is 13.2. The molecule has 0 aromatic heterocycles. The number of amides is 2. The molecule has 0 radical (unpaired) electrons. The summed E-state index contributed by atoms with van der Waals surface area (Å²) in [6.07, 6.45) is -1.04. The highest BCUT2D eigenvalue weighted by molar-refractivity contribution is 5.95. The number of nitrogens with zero attached hydrogens (tertiary/aromatic N) is 2. The fourth-order valence-electron chi connectivity index (χ4n) is 1.89. The third kappa shape index (κ3) is 2.47. The van der Waals surface area contributed by atoms with E-state index < -0.39 is 12.1 Å². The van der Waals surface area contributed by atoms with Crippen molar-refractivity contribution in [1.82, 2.24) is 4.90 Å². The van der Waals surface area contributed by atoms with Gasteiger partial charge in [-0.25, -0.2) is 9.59 Å². The molecular weight excluding hydrogens is 248 g/mol. The van der Waals surface area contributed by atoms with Crippen molar-refractivity contribution in [2.45, 2.75) is 13.0 Å². The molecule has 0 saturated heterocycles. The number of urea groups is 1. The molecule has 19 heavy (non-hydrogen) atoms. The van der Waals surface area contributed by atoms with Crippen LogP contribution in [0.3, 0.4) is 0 Å². The molecule has 1 aliphatic rings. The van der Waals surface area contributed by atoms with Gasteiger partial charge in [0.15, 0.2) is 0 Å². The van der Waals surface area contributed by atoms with Gasteiger partial charge in [0.25, 0.3) is 0 Å². The van der Waals surface area contributed by atoms with Crippen molar-refractivity contribution >= 4 is 17.7 Å². The fourth-order valence-corrected chi connectivity index (χ4v) is 1.89. The van der Waals surface area contributed by atoms with Crippen molar-refractivity contribution in [3.8, 4) is 5.75 Å². The Morgan fingerprint density at radius 2 is 2.16 bits per heavy atom. The molecule has 1 aromatic rings. The zero-order valence-corrected chi connectivity index (χ0v) is 10.9. The van der Waals surface area contributed by atoms with E-state index >= 15 is 0 Å². The Kier molecular flexibility index (Phi) is 3.59. The number of hydrogen-bond donors (Lipinski definition) is 1. The summed E-state index contributed by atoms with van der Waals surface area (Å²) < 4.78 is 5.38. The lowest BCUT2D eigenvalue weighted by Gasteiger charge is -2.35. The number of rotatable bonds is 2. The Hall–Kier alpha value is -2.24. The minimum absolute atomic E-state index is 0.00944. The van der Waals surface area contributed by atoms with Crippen LogP contribution in [0.1, 0.15) is 6.92 Å². The molecule has 0 aliphatic carbocycles. The smallest absolute Gasteiger partial charge is 0.346 e. The first-order valence-electron chi connectivity index (χ1n) is 6.05. The molecule has 0 saturated carbocycles. The fraction of sp³-hybridized carbons (Fsp3) is 0.385. The molecule has 1 atom stereocenters. The van der Waals surface area contributed by atoms with E-state index in [1.807, 2.05) is 6.92 Å². The maximum atomic E-state index is 12.3. The molecule has 1 aromatic carbocycles. The summed E-state index contributed by atoms with van der Waals surface area (Å²) in [6.45, 7) is 2.42. The predicted molar refractivity (Wildman–Crippen MR) is 69.5 cm³/mol. The lowest BCUT2D eigenvalue weighted by molar-refractivity contribution is -0.144. The minimum Gasteiger partial charge on any atom is -0.478 e. The van der Waals surface area contributed by atoms with E-state index in [-0.39, 0.29) is 12.6 Å². The van der Waals surface area contributed by atoms with Gasteiger partial charge in [-0.3, -0.25) is 4.90 Å². The number of carbonyl (C=O) groups is 2. The number of fused-ring (bicyclic) bond motifs is 1. The van der Waals surface area contributed by atoms with Gasteiger partial charge in [-0.1, -0.05) is 12.1 Å². The number of ether oxygens (including phenoxy) is 1. The van der Waals surface area contributed by atoms with Crippen LogP contribution in [0, 0.1) is 0 Å². The van der Waals surface area contributed by atoms with Crippen LogP contribution in [0.4, 0.5) is 10.5 Å². The van der Waals surface area contributed by atoms with Gasteiger partial charge < -0.3 is 14.7 Å². The number of benzene rings is 1. The number of carboxylic acids is 1. The van der Waals surface area contributed by atoms with Gasteiger partial charge in [0, 0.05) is 13.6 Å². The number of para-hydroxylation sites is 2. The average molecular weight is 264 g/mol. The quantitative estimate of drug-likeness (QED) is 0.876. The molecule has 1 aliphatic heterocycles. The van der Waals surface area contributed by atoms with Crippen LogP contribution < -0.4 is 9.64 Å². The summed E-state index contributed by atoms with van der Waals surface area (Å²) in [5, 5.41) is 9.08. The summed E-state index contributed by atoms with van der Waals surface area (Å²) in [7, 11) is 1.68. The summed E-state index contributed by atoms with van der Waals surface area (Å²) in [5.41, 5.74) is 0.602. The lowest BCUT2D eigenvalue weighted by atomic mass is 10.2. The maximum absolute atomic E-state index is 12.3. The molecular formula is C13H16N2O4. The average Bonchev–Trinajstić information content (AvgIpc) is 2.44. The van der Waals surface area contributed by atoms with Gasteiger partial charge in [0.05, 0.1) is 12.2 Å². The van der Waals surface area contributed by atoms with Crippen LogP contribution in [0.2, 0.25) is 0 Å².